The van der Waals surface area contributed by atoms with Gasteiger partial charge in [0, 0.05) is 11.4 Å². The maximum Gasteiger partial charge on any atom is 0.261 e. The molecule has 0 saturated carbocycles. The van der Waals surface area contributed by atoms with Crippen molar-refractivity contribution in [3.8, 4) is 0 Å². The van der Waals surface area contributed by atoms with E-state index in [-0.39, 0.29) is 4.90 Å². The molecule has 0 aliphatic carbocycles. The fourth-order valence-corrected chi connectivity index (χ4v) is 4.36. The van der Waals surface area contributed by atoms with E-state index in [9.17, 15) is 8.42 Å². The minimum absolute atomic E-state index is 0.121. The topological polar surface area (TPSA) is 70.2 Å². The van der Waals surface area contributed by atoms with Crippen LogP contribution in [0, 0.1) is 13.8 Å². The lowest BCUT2D eigenvalue weighted by Crippen LogP contribution is -2.19. The van der Waals surface area contributed by atoms with Crippen LogP contribution in [0.5, 0.6) is 0 Å². The molecule has 0 radical (unpaired) electrons. The molecule has 0 bridgehead atoms. The zero-order chi connectivity index (χ0) is 21.0. The van der Waals surface area contributed by atoms with Gasteiger partial charge in [-0.3, -0.25) is 4.72 Å². The van der Waals surface area contributed by atoms with E-state index >= 15 is 0 Å². The summed E-state index contributed by atoms with van der Waals surface area (Å²) in [6.07, 6.45) is 0. The van der Waals surface area contributed by atoms with Crippen molar-refractivity contribution in [2.24, 2.45) is 0 Å². The monoisotopic (exact) mass is 445 g/mol. The first-order chi connectivity index (χ1) is 13.7. The minimum atomic E-state index is -3.75. The molecule has 0 saturated heterocycles. The normalized spacial score (nSPS) is 11.0. The highest BCUT2D eigenvalue weighted by molar-refractivity contribution is 7.92. The zero-order valence-electron chi connectivity index (χ0n) is 15.9. The molecule has 3 aromatic carbocycles. The Balaban J connectivity index is 1.68. The van der Waals surface area contributed by atoms with Gasteiger partial charge in [-0.25, -0.2) is 8.42 Å². The van der Waals surface area contributed by atoms with Gasteiger partial charge in [-0.05, 0) is 85.7 Å². The number of aryl methyl sites for hydroxylation is 2. The van der Waals surface area contributed by atoms with Gasteiger partial charge < -0.3 is 10.6 Å². The van der Waals surface area contributed by atoms with Gasteiger partial charge in [0.05, 0.1) is 15.6 Å². The summed E-state index contributed by atoms with van der Waals surface area (Å²) in [6, 6.07) is 19.0. The second kappa shape index (κ2) is 8.82. The number of sulfonamides is 1. The maximum absolute atomic E-state index is 12.6. The fourth-order valence-electron chi connectivity index (χ4n) is 2.81. The Morgan fingerprint density at radius 3 is 2.07 bits per heavy atom. The molecule has 0 aliphatic heterocycles. The van der Waals surface area contributed by atoms with E-state index in [0.29, 0.717) is 21.5 Å². The van der Waals surface area contributed by atoms with Gasteiger partial charge in [0.25, 0.3) is 10.0 Å². The molecule has 3 aromatic rings. The third kappa shape index (κ3) is 5.69. The Kier molecular flexibility index (Phi) is 6.42. The predicted molar refractivity (Wildman–Crippen MR) is 124 cm³/mol. The first kappa shape index (κ1) is 21.1. The second-order valence-corrected chi connectivity index (χ2v) is 9.06. The Labute approximate surface area is 181 Å². The summed E-state index contributed by atoms with van der Waals surface area (Å²) in [7, 11) is -3.75. The molecular weight excluding hydrogens is 426 g/mol. The van der Waals surface area contributed by atoms with Gasteiger partial charge in [-0.15, -0.1) is 0 Å². The third-order valence-electron chi connectivity index (χ3n) is 4.02. The molecular formula is C21H20ClN3O2S2. The van der Waals surface area contributed by atoms with Gasteiger partial charge in [0.15, 0.2) is 5.11 Å². The molecule has 150 valence electrons. The van der Waals surface area contributed by atoms with Crippen LogP contribution in [0.4, 0.5) is 17.1 Å². The molecule has 3 N–H and O–H groups in total. The van der Waals surface area contributed by atoms with Crippen LogP contribution in [-0.4, -0.2) is 13.5 Å². The van der Waals surface area contributed by atoms with Gasteiger partial charge in [-0.1, -0.05) is 29.8 Å². The SMILES string of the molecule is Cc1cc(C)cc(NC(=S)Nc2ccc(S(=O)(=O)Nc3ccccc3Cl)cc2)c1. The summed E-state index contributed by atoms with van der Waals surface area (Å²) in [6.45, 7) is 4.04. The average molecular weight is 446 g/mol. The Morgan fingerprint density at radius 1 is 0.862 bits per heavy atom. The number of hydrogen-bond donors (Lipinski definition) is 3. The first-order valence-electron chi connectivity index (χ1n) is 8.77. The van der Waals surface area contributed by atoms with Crippen LogP contribution in [-0.2, 0) is 10.0 Å². The predicted octanol–water partition coefficient (Wildman–Crippen LogP) is 5.57. The third-order valence-corrected chi connectivity index (χ3v) is 5.94. The highest BCUT2D eigenvalue weighted by Gasteiger charge is 2.15. The molecule has 0 spiro atoms. The number of para-hydroxylation sites is 1. The van der Waals surface area contributed by atoms with Crippen molar-refractivity contribution >= 4 is 56.0 Å². The van der Waals surface area contributed by atoms with Gasteiger partial charge in [0.1, 0.15) is 0 Å². The number of benzene rings is 3. The van der Waals surface area contributed by atoms with Crippen LogP contribution in [0.25, 0.3) is 0 Å². The summed E-state index contributed by atoms with van der Waals surface area (Å²) in [5, 5.41) is 6.93. The van der Waals surface area contributed by atoms with Crippen molar-refractivity contribution in [2.75, 3.05) is 15.4 Å². The van der Waals surface area contributed by atoms with E-state index in [4.69, 9.17) is 23.8 Å². The number of nitrogens with one attached hydrogen (secondary N) is 3. The van der Waals surface area contributed by atoms with Gasteiger partial charge in [0.2, 0.25) is 0 Å². The minimum Gasteiger partial charge on any atom is -0.332 e. The van der Waals surface area contributed by atoms with Crippen molar-refractivity contribution < 1.29 is 8.42 Å². The van der Waals surface area contributed by atoms with E-state index in [1.807, 2.05) is 26.0 Å². The quantitative estimate of drug-likeness (QED) is 0.448. The molecule has 0 atom stereocenters. The molecule has 0 aromatic heterocycles. The van der Waals surface area contributed by atoms with Crippen LogP contribution >= 0.6 is 23.8 Å². The van der Waals surface area contributed by atoms with E-state index in [0.717, 1.165) is 16.8 Å². The van der Waals surface area contributed by atoms with E-state index < -0.39 is 10.0 Å². The number of thiocarbonyl (C=S) groups is 1. The lowest BCUT2D eigenvalue weighted by atomic mass is 10.1. The van der Waals surface area contributed by atoms with E-state index in [1.54, 1.807) is 36.4 Å². The van der Waals surface area contributed by atoms with E-state index in [1.165, 1.54) is 12.1 Å². The molecule has 0 fully saturated rings. The molecule has 3 rings (SSSR count). The van der Waals surface area contributed by atoms with Crippen molar-refractivity contribution in [1.82, 2.24) is 0 Å². The lowest BCUT2D eigenvalue weighted by molar-refractivity contribution is 0.601. The highest BCUT2D eigenvalue weighted by atomic mass is 35.5. The Morgan fingerprint density at radius 2 is 1.45 bits per heavy atom. The van der Waals surface area contributed by atoms with Crippen LogP contribution in [0.2, 0.25) is 5.02 Å². The number of hydrogen-bond acceptors (Lipinski definition) is 3. The number of halogens is 1. The smallest absolute Gasteiger partial charge is 0.261 e. The summed E-state index contributed by atoms with van der Waals surface area (Å²) in [5.41, 5.74) is 4.16. The largest absolute Gasteiger partial charge is 0.332 e. The molecule has 0 unspecified atom stereocenters. The van der Waals surface area contributed by atoms with Crippen LogP contribution in [0.3, 0.4) is 0 Å². The average Bonchev–Trinajstić information content (AvgIpc) is 2.63. The summed E-state index contributed by atoms with van der Waals surface area (Å²) >= 11 is 11.4. The fraction of sp³-hybridized carbons (Fsp3) is 0.0952. The van der Waals surface area contributed by atoms with Crippen LogP contribution in [0.1, 0.15) is 11.1 Å². The highest BCUT2D eigenvalue weighted by Crippen LogP contribution is 2.24. The van der Waals surface area contributed by atoms with Crippen LogP contribution in [0.15, 0.2) is 71.6 Å². The van der Waals surface area contributed by atoms with Gasteiger partial charge >= 0.3 is 0 Å². The molecule has 0 aliphatic rings. The molecule has 0 amide bonds. The number of anilines is 3. The van der Waals surface area contributed by atoms with Crippen molar-refractivity contribution in [3.05, 3.63) is 82.9 Å². The summed E-state index contributed by atoms with van der Waals surface area (Å²) < 4.78 is 27.6. The number of rotatable bonds is 5. The van der Waals surface area contributed by atoms with Crippen LogP contribution < -0.4 is 15.4 Å². The zero-order valence-corrected chi connectivity index (χ0v) is 18.3. The Hall–Kier alpha value is -2.61. The van der Waals surface area contributed by atoms with Crippen molar-refractivity contribution in [2.45, 2.75) is 18.7 Å². The lowest BCUT2D eigenvalue weighted by Gasteiger charge is -2.13. The summed E-state index contributed by atoms with van der Waals surface area (Å²) in [4.78, 5) is 0.121. The Bertz CT molecular complexity index is 1130. The van der Waals surface area contributed by atoms with Crippen molar-refractivity contribution in [3.63, 3.8) is 0 Å². The van der Waals surface area contributed by atoms with E-state index in [2.05, 4.69) is 21.4 Å². The van der Waals surface area contributed by atoms with Crippen molar-refractivity contribution in [1.29, 1.82) is 0 Å². The first-order valence-corrected chi connectivity index (χ1v) is 11.0. The molecule has 29 heavy (non-hydrogen) atoms. The molecule has 0 heterocycles. The molecule has 5 nitrogen and oxygen atoms in total. The maximum atomic E-state index is 12.6. The second-order valence-electron chi connectivity index (χ2n) is 6.57. The summed E-state index contributed by atoms with van der Waals surface area (Å²) in [5.74, 6) is 0. The van der Waals surface area contributed by atoms with Gasteiger partial charge in [-0.2, -0.15) is 0 Å². The molecule has 8 heteroatoms. The standard InChI is InChI=1S/C21H20ClN3O2S2/c1-14-11-15(2)13-17(12-14)24-21(28)23-16-7-9-18(10-8-16)29(26,27)25-20-6-4-3-5-19(20)22/h3-13,25H,1-2H3,(H2,23,24,28).